The second-order valence-electron chi connectivity index (χ2n) is 6.70. The number of rotatable bonds is 9. The summed E-state index contributed by atoms with van der Waals surface area (Å²) in [6.07, 6.45) is 0.320. The molecule has 0 fully saturated rings. The van der Waals surface area contributed by atoms with Crippen LogP contribution in [-0.2, 0) is 14.3 Å². The van der Waals surface area contributed by atoms with Gasteiger partial charge >= 0.3 is 5.97 Å². The molecule has 156 valence electrons. The van der Waals surface area contributed by atoms with Crippen LogP contribution in [-0.4, -0.2) is 36.5 Å². The van der Waals surface area contributed by atoms with Gasteiger partial charge in [0.15, 0.2) is 11.9 Å². The van der Waals surface area contributed by atoms with E-state index >= 15 is 0 Å². The van der Waals surface area contributed by atoms with Crippen LogP contribution in [0.4, 0.5) is 5.69 Å². The smallest absolute Gasteiger partial charge is 0.329 e. The molecule has 29 heavy (non-hydrogen) atoms. The van der Waals surface area contributed by atoms with E-state index in [1.54, 1.807) is 44.2 Å². The second kappa shape index (κ2) is 10.3. The van der Waals surface area contributed by atoms with E-state index in [9.17, 15) is 14.4 Å². The number of benzene rings is 1. The lowest BCUT2D eigenvalue weighted by Gasteiger charge is -2.22. The van der Waals surface area contributed by atoms with E-state index in [1.165, 1.54) is 19.3 Å². The summed E-state index contributed by atoms with van der Waals surface area (Å²) in [6, 6.07) is 8.99. The summed E-state index contributed by atoms with van der Waals surface area (Å²) >= 11 is 0. The molecule has 2 amide bonds. The first kappa shape index (κ1) is 22.0. The number of carbonyl (C=O) groups excluding carboxylic acids is 3. The van der Waals surface area contributed by atoms with Gasteiger partial charge in [-0.25, -0.2) is 4.79 Å². The normalized spacial score (nSPS) is 12.7. The Kier molecular flexibility index (Phi) is 7.82. The highest BCUT2D eigenvalue weighted by Gasteiger charge is 2.29. The van der Waals surface area contributed by atoms with Crippen LogP contribution in [0.15, 0.2) is 47.1 Å². The van der Waals surface area contributed by atoms with Crippen molar-refractivity contribution >= 4 is 23.5 Å². The Hall–Kier alpha value is -3.29. The molecule has 0 radical (unpaired) electrons. The van der Waals surface area contributed by atoms with Crippen LogP contribution < -0.4 is 15.4 Å². The van der Waals surface area contributed by atoms with Crippen molar-refractivity contribution in [2.45, 2.75) is 39.8 Å². The van der Waals surface area contributed by atoms with E-state index in [1.807, 2.05) is 6.92 Å². The summed E-state index contributed by atoms with van der Waals surface area (Å²) < 4.78 is 15.6. The number of esters is 1. The number of anilines is 1. The van der Waals surface area contributed by atoms with Gasteiger partial charge in [0, 0.05) is 5.69 Å². The molecular weight excluding hydrogens is 376 g/mol. The summed E-state index contributed by atoms with van der Waals surface area (Å²) in [5, 5.41) is 5.25. The molecule has 8 nitrogen and oxygen atoms in total. The predicted molar refractivity (Wildman–Crippen MR) is 107 cm³/mol. The SMILES string of the molecule is CCOc1ccc(NC(=O)[C@H](C)OC(=O)[C@@H](NC(=O)c2ccco2)C(C)C)cc1. The number of carbonyl (C=O) groups is 3. The molecule has 1 aromatic carbocycles. The fourth-order valence-electron chi connectivity index (χ4n) is 2.46. The van der Waals surface area contributed by atoms with Crippen molar-refractivity contribution in [3.05, 3.63) is 48.4 Å². The molecule has 8 heteroatoms. The zero-order valence-electron chi connectivity index (χ0n) is 16.9. The third-order valence-corrected chi connectivity index (χ3v) is 4.05. The Morgan fingerprint density at radius 3 is 2.31 bits per heavy atom. The van der Waals surface area contributed by atoms with Crippen molar-refractivity contribution in [1.29, 1.82) is 0 Å². The first-order valence-electron chi connectivity index (χ1n) is 9.40. The molecule has 0 saturated carbocycles. The monoisotopic (exact) mass is 402 g/mol. The maximum absolute atomic E-state index is 12.5. The number of amides is 2. The van der Waals surface area contributed by atoms with Gasteiger partial charge in [0.25, 0.3) is 11.8 Å². The van der Waals surface area contributed by atoms with Crippen molar-refractivity contribution in [2.24, 2.45) is 5.92 Å². The highest BCUT2D eigenvalue weighted by atomic mass is 16.5. The van der Waals surface area contributed by atoms with Crippen LogP contribution in [0.1, 0.15) is 38.2 Å². The highest BCUT2D eigenvalue weighted by Crippen LogP contribution is 2.16. The zero-order chi connectivity index (χ0) is 21.4. The molecule has 0 aliphatic carbocycles. The minimum Gasteiger partial charge on any atom is -0.494 e. The van der Waals surface area contributed by atoms with Crippen molar-refractivity contribution in [3.8, 4) is 5.75 Å². The van der Waals surface area contributed by atoms with E-state index < -0.39 is 29.9 Å². The van der Waals surface area contributed by atoms with Crippen LogP contribution >= 0.6 is 0 Å². The fraction of sp³-hybridized carbons (Fsp3) is 0.381. The predicted octanol–water partition coefficient (Wildman–Crippen LogP) is 3.00. The molecule has 2 N–H and O–H groups in total. The highest BCUT2D eigenvalue weighted by molar-refractivity contribution is 5.97. The first-order valence-corrected chi connectivity index (χ1v) is 9.40. The number of nitrogens with one attached hydrogen (secondary N) is 2. The van der Waals surface area contributed by atoms with Crippen LogP contribution in [0.25, 0.3) is 0 Å². The summed E-state index contributed by atoms with van der Waals surface area (Å²) in [5.41, 5.74) is 0.549. The number of hydrogen-bond donors (Lipinski definition) is 2. The second-order valence-corrected chi connectivity index (χ2v) is 6.70. The molecular formula is C21H26N2O6. The molecule has 2 atom stereocenters. The average Bonchev–Trinajstić information content (AvgIpc) is 3.22. The van der Waals surface area contributed by atoms with Crippen molar-refractivity contribution in [3.63, 3.8) is 0 Å². The van der Waals surface area contributed by atoms with Crippen LogP contribution in [0, 0.1) is 5.92 Å². The third-order valence-electron chi connectivity index (χ3n) is 4.05. The van der Waals surface area contributed by atoms with Gasteiger partial charge in [0.1, 0.15) is 11.8 Å². The summed E-state index contributed by atoms with van der Waals surface area (Å²) in [7, 11) is 0. The lowest BCUT2D eigenvalue weighted by molar-refractivity contribution is -0.156. The van der Waals surface area contributed by atoms with Gasteiger partial charge in [-0.15, -0.1) is 0 Å². The van der Waals surface area contributed by atoms with E-state index in [2.05, 4.69) is 10.6 Å². The molecule has 0 saturated heterocycles. The van der Waals surface area contributed by atoms with Gasteiger partial charge in [-0.2, -0.15) is 0 Å². The van der Waals surface area contributed by atoms with Crippen molar-refractivity contribution < 1.29 is 28.3 Å². The Labute approximate surface area is 169 Å². The Bertz CT molecular complexity index is 814. The van der Waals surface area contributed by atoms with Crippen LogP contribution in [0.2, 0.25) is 0 Å². The molecule has 0 unspecified atom stereocenters. The Balaban J connectivity index is 1.93. The maximum Gasteiger partial charge on any atom is 0.329 e. The average molecular weight is 402 g/mol. The van der Waals surface area contributed by atoms with E-state index in [0.29, 0.717) is 18.0 Å². The molecule has 0 aliphatic heterocycles. The van der Waals surface area contributed by atoms with E-state index in [4.69, 9.17) is 13.9 Å². The van der Waals surface area contributed by atoms with Crippen molar-refractivity contribution in [1.82, 2.24) is 5.32 Å². The lowest BCUT2D eigenvalue weighted by atomic mass is 10.0. The molecule has 0 bridgehead atoms. The molecule has 2 aromatic rings. The first-order chi connectivity index (χ1) is 13.8. The van der Waals surface area contributed by atoms with E-state index in [0.717, 1.165) is 0 Å². The zero-order valence-corrected chi connectivity index (χ0v) is 16.9. The minimum absolute atomic E-state index is 0.0877. The summed E-state index contributed by atoms with van der Waals surface area (Å²) in [6.45, 7) is 7.42. The number of furan rings is 1. The standard InChI is InChI=1S/C21H26N2O6/c1-5-27-16-10-8-15(9-11-16)22-19(24)14(4)29-21(26)18(13(2)3)23-20(25)17-7-6-12-28-17/h6-14,18H,5H2,1-4H3,(H,22,24)(H,23,25)/t14-,18-/m0/s1. The molecule has 1 heterocycles. The molecule has 0 aliphatic rings. The van der Waals surface area contributed by atoms with E-state index in [-0.39, 0.29) is 11.7 Å². The van der Waals surface area contributed by atoms with Crippen LogP contribution in [0.5, 0.6) is 5.75 Å². The topological polar surface area (TPSA) is 107 Å². The molecule has 0 spiro atoms. The van der Waals surface area contributed by atoms with Gasteiger partial charge in [-0.1, -0.05) is 13.8 Å². The molecule has 1 aromatic heterocycles. The van der Waals surface area contributed by atoms with Gasteiger partial charge in [-0.3, -0.25) is 9.59 Å². The lowest BCUT2D eigenvalue weighted by Crippen LogP contribution is -2.47. The fourth-order valence-corrected chi connectivity index (χ4v) is 2.46. The van der Waals surface area contributed by atoms with Crippen molar-refractivity contribution in [2.75, 3.05) is 11.9 Å². The maximum atomic E-state index is 12.5. The minimum atomic E-state index is -1.05. The quantitative estimate of drug-likeness (QED) is 0.625. The van der Waals surface area contributed by atoms with Gasteiger partial charge < -0.3 is 24.5 Å². The number of ether oxygens (including phenoxy) is 2. The largest absolute Gasteiger partial charge is 0.494 e. The Morgan fingerprint density at radius 1 is 1.07 bits per heavy atom. The third kappa shape index (κ3) is 6.38. The Morgan fingerprint density at radius 2 is 1.76 bits per heavy atom. The molecule has 2 rings (SSSR count). The summed E-state index contributed by atoms with van der Waals surface area (Å²) in [5.74, 6) is -1.18. The van der Waals surface area contributed by atoms with Gasteiger partial charge in [0.2, 0.25) is 0 Å². The van der Waals surface area contributed by atoms with Gasteiger partial charge in [0.05, 0.1) is 12.9 Å². The van der Waals surface area contributed by atoms with Gasteiger partial charge in [-0.05, 0) is 56.2 Å². The van der Waals surface area contributed by atoms with Crippen LogP contribution in [0.3, 0.4) is 0 Å². The summed E-state index contributed by atoms with van der Waals surface area (Å²) in [4.78, 5) is 37.0. The number of hydrogen-bond acceptors (Lipinski definition) is 6.